The van der Waals surface area contributed by atoms with Crippen LogP contribution in [0.15, 0.2) is 48.5 Å². The van der Waals surface area contributed by atoms with E-state index in [1.165, 1.54) is 0 Å². The fraction of sp³-hybridized carbons (Fsp3) is 0.423. The maximum absolute atomic E-state index is 13.8. The molecule has 2 heterocycles. The van der Waals surface area contributed by atoms with Crippen molar-refractivity contribution in [3.05, 3.63) is 64.1 Å². The molecule has 9 heteroatoms. The number of nitrogens with one attached hydrogen (secondary N) is 1. The molecule has 1 spiro atoms. The highest BCUT2D eigenvalue weighted by Crippen LogP contribution is 2.39. The van der Waals surface area contributed by atoms with Crippen molar-refractivity contribution in [2.45, 2.75) is 44.7 Å². The molecular weight excluding hydrogens is 487 g/mol. The van der Waals surface area contributed by atoms with Gasteiger partial charge in [-0.3, -0.25) is 14.4 Å². The number of likely N-dealkylation sites (tertiary alicyclic amines) is 1. The highest BCUT2D eigenvalue weighted by molar-refractivity contribution is 6.42. The first-order chi connectivity index (χ1) is 16.7. The molecule has 4 rings (SSSR count). The monoisotopic (exact) mass is 516 g/mol. The predicted molar refractivity (Wildman–Crippen MR) is 138 cm³/mol. The Morgan fingerprint density at radius 3 is 2.37 bits per heavy atom. The van der Waals surface area contributed by atoms with E-state index in [1.54, 1.807) is 28.0 Å². The Balaban J connectivity index is 1.53. The summed E-state index contributed by atoms with van der Waals surface area (Å²) in [5.41, 5.74) is 0.596. The molecule has 186 valence electrons. The van der Waals surface area contributed by atoms with Crippen LogP contribution in [0.5, 0.6) is 0 Å². The Labute approximate surface area is 216 Å². The third kappa shape index (κ3) is 5.11. The minimum atomic E-state index is -0.799. The van der Waals surface area contributed by atoms with Crippen LogP contribution < -0.4 is 10.2 Å². The number of hydrogen-bond donors (Lipinski definition) is 1. The number of nitrogens with zero attached hydrogens (tertiary/aromatic N) is 3. The van der Waals surface area contributed by atoms with Crippen LogP contribution in [-0.2, 0) is 9.59 Å². The normalized spacial score (nSPS) is 18.2. The lowest BCUT2D eigenvalue weighted by Gasteiger charge is -2.43. The Hall–Kier alpha value is -2.77. The molecule has 2 aliphatic rings. The van der Waals surface area contributed by atoms with Crippen molar-refractivity contribution in [2.24, 2.45) is 0 Å². The molecule has 0 aliphatic carbocycles. The third-order valence-corrected chi connectivity index (χ3v) is 7.72. The van der Waals surface area contributed by atoms with Crippen molar-refractivity contribution < 1.29 is 14.4 Å². The van der Waals surface area contributed by atoms with E-state index in [-0.39, 0.29) is 30.3 Å². The number of rotatable bonds is 6. The lowest BCUT2D eigenvalue weighted by molar-refractivity contribution is -0.137. The third-order valence-electron chi connectivity index (χ3n) is 6.98. The smallest absolute Gasteiger partial charge is 0.253 e. The first kappa shape index (κ1) is 25.3. The molecule has 7 nitrogen and oxygen atoms in total. The van der Waals surface area contributed by atoms with Gasteiger partial charge in [-0.1, -0.05) is 48.3 Å². The van der Waals surface area contributed by atoms with Gasteiger partial charge in [0.1, 0.15) is 12.1 Å². The van der Waals surface area contributed by atoms with Crippen LogP contribution in [0.25, 0.3) is 0 Å². The summed E-state index contributed by atoms with van der Waals surface area (Å²) in [4.78, 5) is 44.9. The van der Waals surface area contributed by atoms with Gasteiger partial charge in [-0.05, 0) is 56.5 Å². The molecule has 1 unspecified atom stereocenters. The molecule has 0 saturated carbocycles. The quantitative estimate of drug-likeness (QED) is 0.624. The molecule has 2 aromatic rings. The summed E-state index contributed by atoms with van der Waals surface area (Å²) in [6.07, 6.45) is 1.76. The zero-order valence-corrected chi connectivity index (χ0v) is 21.5. The highest BCUT2D eigenvalue weighted by Gasteiger charge is 2.54. The molecule has 0 radical (unpaired) electrons. The van der Waals surface area contributed by atoms with Crippen molar-refractivity contribution in [2.75, 3.05) is 31.2 Å². The Bertz CT molecular complexity index is 1100. The number of carbonyl (C=O) groups is 3. The van der Waals surface area contributed by atoms with E-state index in [2.05, 4.69) is 10.2 Å². The molecule has 2 aromatic carbocycles. The SMILES string of the molecule is CCC(C)NC(=O)CN1CN(c2ccccc2)C2(CCN(C(=O)c3ccc(Cl)c(Cl)c3)CC2)C1=O. The van der Waals surface area contributed by atoms with E-state index in [0.717, 1.165) is 12.1 Å². The first-order valence-electron chi connectivity index (χ1n) is 11.9. The van der Waals surface area contributed by atoms with Gasteiger partial charge in [-0.2, -0.15) is 0 Å². The van der Waals surface area contributed by atoms with E-state index < -0.39 is 5.54 Å². The molecule has 1 N–H and O–H groups in total. The molecule has 35 heavy (non-hydrogen) atoms. The number of hydrogen-bond acceptors (Lipinski definition) is 4. The summed E-state index contributed by atoms with van der Waals surface area (Å²) >= 11 is 12.1. The lowest BCUT2D eigenvalue weighted by Crippen LogP contribution is -2.57. The Kier molecular flexibility index (Phi) is 7.57. The number of benzene rings is 2. The molecule has 2 saturated heterocycles. The molecule has 1 atom stereocenters. The largest absolute Gasteiger partial charge is 0.352 e. The minimum absolute atomic E-state index is 0.0141. The topological polar surface area (TPSA) is 73.0 Å². The van der Waals surface area contributed by atoms with Gasteiger partial charge < -0.3 is 20.0 Å². The van der Waals surface area contributed by atoms with Crippen LogP contribution in [0, 0.1) is 0 Å². The summed E-state index contributed by atoms with van der Waals surface area (Å²) in [5, 5.41) is 3.68. The minimum Gasteiger partial charge on any atom is -0.352 e. The van der Waals surface area contributed by atoms with E-state index in [9.17, 15) is 14.4 Å². The summed E-state index contributed by atoms with van der Waals surface area (Å²) in [7, 11) is 0. The summed E-state index contributed by atoms with van der Waals surface area (Å²) in [6.45, 7) is 5.13. The lowest BCUT2D eigenvalue weighted by atomic mass is 9.85. The Morgan fingerprint density at radius 2 is 1.74 bits per heavy atom. The van der Waals surface area contributed by atoms with Gasteiger partial charge in [0, 0.05) is 30.4 Å². The number of carbonyl (C=O) groups excluding carboxylic acids is 3. The van der Waals surface area contributed by atoms with Gasteiger partial charge in [0.25, 0.3) is 11.8 Å². The highest BCUT2D eigenvalue weighted by atomic mass is 35.5. The molecular formula is C26H30Cl2N4O3. The van der Waals surface area contributed by atoms with Gasteiger partial charge in [0.05, 0.1) is 16.7 Å². The van der Waals surface area contributed by atoms with E-state index in [4.69, 9.17) is 23.2 Å². The zero-order chi connectivity index (χ0) is 25.2. The molecule has 2 fully saturated rings. The van der Waals surface area contributed by atoms with Crippen LogP contribution in [-0.4, -0.2) is 65.4 Å². The van der Waals surface area contributed by atoms with Crippen molar-refractivity contribution in [3.8, 4) is 0 Å². The molecule has 2 aliphatic heterocycles. The van der Waals surface area contributed by atoms with Gasteiger partial charge in [0.2, 0.25) is 5.91 Å². The van der Waals surface area contributed by atoms with Crippen LogP contribution in [0.1, 0.15) is 43.5 Å². The molecule has 3 amide bonds. The zero-order valence-electron chi connectivity index (χ0n) is 20.0. The van der Waals surface area contributed by atoms with Gasteiger partial charge in [0.15, 0.2) is 0 Å². The average molecular weight is 517 g/mol. The maximum Gasteiger partial charge on any atom is 0.253 e. The average Bonchev–Trinajstić information content (AvgIpc) is 3.12. The standard InChI is InChI=1S/C26H30Cl2N4O3/c1-3-18(2)29-23(33)16-31-17-32(20-7-5-4-6-8-20)26(25(31)35)11-13-30(14-12-26)24(34)19-9-10-21(27)22(28)15-19/h4-10,15,18H,3,11-14,16-17H2,1-2H3,(H,29,33). The predicted octanol–water partition coefficient (Wildman–Crippen LogP) is 4.19. The number of anilines is 1. The molecule has 0 bridgehead atoms. The molecule has 0 aromatic heterocycles. The van der Waals surface area contributed by atoms with Crippen LogP contribution in [0.3, 0.4) is 0 Å². The maximum atomic E-state index is 13.8. The van der Waals surface area contributed by atoms with Crippen molar-refractivity contribution in [3.63, 3.8) is 0 Å². The summed E-state index contributed by atoms with van der Waals surface area (Å²) in [5.74, 6) is -0.368. The second-order valence-electron chi connectivity index (χ2n) is 9.24. The van der Waals surface area contributed by atoms with Crippen molar-refractivity contribution in [1.29, 1.82) is 0 Å². The Morgan fingerprint density at radius 1 is 1.06 bits per heavy atom. The van der Waals surface area contributed by atoms with Gasteiger partial charge >= 0.3 is 0 Å². The fourth-order valence-electron chi connectivity index (χ4n) is 4.81. The second-order valence-corrected chi connectivity index (χ2v) is 10.1. The van der Waals surface area contributed by atoms with E-state index in [1.807, 2.05) is 44.2 Å². The van der Waals surface area contributed by atoms with E-state index >= 15 is 0 Å². The van der Waals surface area contributed by atoms with Gasteiger partial charge in [-0.15, -0.1) is 0 Å². The van der Waals surface area contributed by atoms with E-state index in [0.29, 0.717) is 48.2 Å². The number of para-hydroxylation sites is 1. The number of piperidine rings is 1. The van der Waals surface area contributed by atoms with Crippen LogP contribution in [0.2, 0.25) is 10.0 Å². The van der Waals surface area contributed by atoms with Gasteiger partial charge in [-0.25, -0.2) is 0 Å². The number of halogens is 2. The van der Waals surface area contributed by atoms with Crippen molar-refractivity contribution in [1.82, 2.24) is 15.1 Å². The summed E-state index contributed by atoms with van der Waals surface area (Å²) in [6, 6.07) is 14.7. The second kappa shape index (κ2) is 10.5. The van der Waals surface area contributed by atoms with Crippen molar-refractivity contribution >= 4 is 46.6 Å². The number of amides is 3. The van der Waals surface area contributed by atoms with Crippen LogP contribution >= 0.6 is 23.2 Å². The fourth-order valence-corrected chi connectivity index (χ4v) is 5.11. The first-order valence-corrected chi connectivity index (χ1v) is 12.7. The van der Waals surface area contributed by atoms with Crippen LogP contribution in [0.4, 0.5) is 5.69 Å². The summed E-state index contributed by atoms with van der Waals surface area (Å²) < 4.78 is 0.